The molecule has 0 bridgehead atoms. The van der Waals surface area contributed by atoms with E-state index in [-0.39, 0.29) is 12.2 Å². The maximum atomic E-state index is 12.8. The van der Waals surface area contributed by atoms with Gasteiger partial charge >= 0.3 is 0 Å². The van der Waals surface area contributed by atoms with Crippen molar-refractivity contribution < 1.29 is 4.79 Å². The van der Waals surface area contributed by atoms with Gasteiger partial charge in [-0.25, -0.2) is 9.97 Å². The molecule has 0 aliphatic carbocycles. The number of hydrogen-bond donors (Lipinski definition) is 1. The summed E-state index contributed by atoms with van der Waals surface area (Å²) < 4.78 is 3.70. The Hall–Kier alpha value is -3.39. The molecule has 3 aromatic heterocycles. The predicted molar refractivity (Wildman–Crippen MR) is 113 cm³/mol. The van der Waals surface area contributed by atoms with Gasteiger partial charge in [-0.3, -0.25) is 14.2 Å². The first-order valence-corrected chi connectivity index (χ1v) is 10.2. The smallest absolute Gasteiger partial charge is 0.173 e. The standard InChI is InChI=1S/C22H23N7O/c1-28-13-17(11-25-28)15-2-3-16-10-24-22(27-20(16)8-15)9-21(30)18-12-26-29(14-18)19-4-6-23-7-5-19/h2-3,8,10-14,19,23H,4-7,9H2,1H3. The van der Waals surface area contributed by atoms with Crippen LogP contribution in [-0.2, 0) is 13.5 Å². The van der Waals surface area contributed by atoms with Gasteiger partial charge in [-0.15, -0.1) is 0 Å². The van der Waals surface area contributed by atoms with Crippen molar-refractivity contribution in [2.45, 2.75) is 25.3 Å². The Bertz CT molecular complexity index is 1200. The number of carbonyl (C=O) groups excluding carboxylic acids is 1. The van der Waals surface area contributed by atoms with Crippen molar-refractivity contribution >= 4 is 16.7 Å². The minimum absolute atomic E-state index is 0.0158. The summed E-state index contributed by atoms with van der Waals surface area (Å²) in [6.45, 7) is 1.97. The van der Waals surface area contributed by atoms with E-state index in [4.69, 9.17) is 0 Å². The van der Waals surface area contributed by atoms with Gasteiger partial charge in [-0.2, -0.15) is 10.2 Å². The molecule has 1 aliphatic rings. The molecular formula is C22H23N7O. The molecular weight excluding hydrogens is 378 g/mol. The summed E-state index contributed by atoms with van der Waals surface area (Å²) in [7, 11) is 1.89. The van der Waals surface area contributed by atoms with E-state index in [1.165, 1.54) is 0 Å². The topological polar surface area (TPSA) is 90.5 Å². The Morgan fingerprint density at radius 2 is 1.97 bits per heavy atom. The third-order valence-electron chi connectivity index (χ3n) is 5.60. The van der Waals surface area contributed by atoms with Crippen LogP contribution in [0.1, 0.15) is 35.1 Å². The van der Waals surface area contributed by atoms with E-state index in [1.807, 2.05) is 48.5 Å². The SMILES string of the molecule is Cn1cc(-c2ccc3cnc(CC(=O)c4cnn(C5CCNCC5)c4)nc3c2)cn1. The molecule has 0 spiro atoms. The van der Waals surface area contributed by atoms with Crippen molar-refractivity contribution in [1.29, 1.82) is 0 Å². The lowest BCUT2D eigenvalue weighted by molar-refractivity contribution is 0.0990. The fourth-order valence-electron chi connectivity index (χ4n) is 3.90. The fourth-order valence-corrected chi connectivity index (χ4v) is 3.90. The number of Topliss-reactive ketones (excluding diaryl/α,β-unsaturated/α-hetero) is 1. The average molecular weight is 401 g/mol. The summed E-state index contributed by atoms with van der Waals surface area (Å²) in [4.78, 5) is 21.8. The maximum Gasteiger partial charge on any atom is 0.173 e. The highest BCUT2D eigenvalue weighted by Crippen LogP contribution is 2.23. The van der Waals surface area contributed by atoms with Crippen molar-refractivity contribution in [2.24, 2.45) is 7.05 Å². The molecule has 0 amide bonds. The number of piperidine rings is 1. The van der Waals surface area contributed by atoms with Crippen molar-refractivity contribution in [3.8, 4) is 11.1 Å². The van der Waals surface area contributed by atoms with E-state index >= 15 is 0 Å². The molecule has 8 heteroatoms. The predicted octanol–water partition coefficient (Wildman–Crippen LogP) is 2.58. The number of aryl methyl sites for hydroxylation is 1. The van der Waals surface area contributed by atoms with Gasteiger partial charge in [0, 0.05) is 36.6 Å². The van der Waals surface area contributed by atoms with E-state index in [9.17, 15) is 4.79 Å². The molecule has 4 aromatic rings. The second kappa shape index (κ2) is 7.79. The van der Waals surface area contributed by atoms with Crippen LogP contribution in [-0.4, -0.2) is 48.4 Å². The Balaban J connectivity index is 1.35. The zero-order valence-electron chi connectivity index (χ0n) is 16.8. The molecule has 1 fully saturated rings. The molecule has 0 saturated carbocycles. The van der Waals surface area contributed by atoms with Gasteiger partial charge in [0.15, 0.2) is 5.78 Å². The van der Waals surface area contributed by atoms with Crippen LogP contribution in [0.2, 0.25) is 0 Å². The number of aromatic nitrogens is 6. The normalized spacial score (nSPS) is 15.0. The van der Waals surface area contributed by atoms with Gasteiger partial charge in [0.2, 0.25) is 0 Å². The molecule has 1 aliphatic heterocycles. The Morgan fingerprint density at radius 3 is 2.77 bits per heavy atom. The van der Waals surface area contributed by atoms with Crippen LogP contribution in [0.5, 0.6) is 0 Å². The number of carbonyl (C=O) groups is 1. The minimum atomic E-state index is -0.0158. The van der Waals surface area contributed by atoms with Gasteiger partial charge in [-0.1, -0.05) is 12.1 Å². The largest absolute Gasteiger partial charge is 0.317 e. The van der Waals surface area contributed by atoms with E-state index < -0.39 is 0 Å². The number of fused-ring (bicyclic) bond motifs is 1. The van der Waals surface area contributed by atoms with Crippen LogP contribution in [0, 0.1) is 0 Å². The lowest BCUT2D eigenvalue weighted by Gasteiger charge is -2.22. The van der Waals surface area contributed by atoms with Crippen LogP contribution >= 0.6 is 0 Å². The highest BCUT2D eigenvalue weighted by atomic mass is 16.1. The van der Waals surface area contributed by atoms with Crippen molar-refractivity contribution in [2.75, 3.05) is 13.1 Å². The highest BCUT2D eigenvalue weighted by molar-refractivity contribution is 5.97. The first kappa shape index (κ1) is 18.6. The van der Waals surface area contributed by atoms with Gasteiger partial charge in [0.25, 0.3) is 0 Å². The lowest BCUT2D eigenvalue weighted by atomic mass is 10.1. The second-order valence-electron chi connectivity index (χ2n) is 7.75. The molecule has 0 unspecified atom stereocenters. The van der Waals surface area contributed by atoms with Crippen molar-refractivity contribution in [3.63, 3.8) is 0 Å². The summed E-state index contributed by atoms with van der Waals surface area (Å²) in [6, 6.07) is 6.39. The van der Waals surface area contributed by atoms with E-state index in [0.717, 1.165) is 48.0 Å². The number of nitrogens with zero attached hydrogens (tertiary/aromatic N) is 6. The summed E-state index contributed by atoms with van der Waals surface area (Å²) in [5.74, 6) is 0.503. The van der Waals surface area contributed by atoms with E-state index in [0.29, 0.717) is 17.4 Å². The molecule has 1 N–H and O–H groups in total. The van der Waals surface area contributed by atoms with Crippen molar-refractivity contribution in [1.82, 2.24) is 34.8 Å². The first-order chi connectivity index (χ1) is 14.7. The maximum absolute atomic E-state index is 12.8. The molecule has 30 heavy (non-hydrogen) atoms. The summed E-state index contributed by atoms with van der Waals surface area (Å²) in [5, 5.41) is 12.9. The monoisotopic (exact) mass is 401 g/mol. The number of nitrogens with one attached hydrogen (secondary N) is 1. The third kappa shape index (κ3) is 3.73. The Kier molecular flexibility index (Phi) is 4.84. The number of ketones is 1. The van der Waals surface area contributed by atoms with Crippen LogP contribution in [0.25, 0.3) is 22.0 Å². The summed E-state index contributed by atoms with van der Waals surface area (Å²) >= 11 is 0. The lowest BCUT2D eigenvalue weighted by Crippen LogP contribution is -2.29. The van der Waals surface area contributed by atoms with E-state index in [1.54, 1.807) is 17.1 Å². The molecule has 1 aromatic carbocycles. The molecule has 8 nitrogen and oxygen atoms in total. The Labute approximate surface area is 174 Å². The van der Waals surface area contributed by atoms with Gasteiger partial charge in [0.1, 0.15) is 5.82 Å². The average Bonchev–Trinajstić information content (AvgIpc) is 3.43. The molecule has 4 heterocycles. The molecule has 0 radical (unpaired) electrons. The zero-order valence-corrected chi connectivity index (χ0v) is 16.8. The van der Waals surface area contributed by atoms with Crippen LogP contribution < -0.4 is 5.32 Å². The zero-order chi connectivity index (χ0) is 20.5. The van der Waals surface area contributed by atoms with Crippen LogP contribution in [0.3, 0.4) is 0 Å². The number of hydrogen-bond acceptors (Lipinski definition) is 6. The summed E-state index contributed by atoms with van der Waals surface area (Å²) in [5.41, 5.74) is 3.50. The van der Waals surface area contributed by atoms with Gasteiger partial charge < -0.3 is 5.32 Å². The van der Waals surface area contributed by atoms with Gasteiger partial charge in [0.05, 0.1) is 35.9 Å². The van der Waals surface area contributed by atoms with Gasteiger partial charge in [-0.05, 0) is 37.6 Å². The molecule has 1 saturated heterocycles. The Morgan fingerprint density at radius 1 is 1.10 bits per heavy atom. The minimum Gasteiger partial charge on any atom is -0.317 e. The molecule has 5 rings (SSSR count). The number of benzene rings is 1. The summed E-state index contributed by atoms with van der Waals surface area (Å²) in [6.07, 6.45) is 11.3. The van der Waals surface area contributed by atoms with Crippen molar-refractivity contribution in [3.05, 3.63) is 60.6 Å². The fraction of sp³-hybridized carbons (Fsp3) is 0.318. The van der Waals surface area contributed by atoms with E-state index in [2.05, 4.69) is 25.5 Å². The quantitative estimate of drug-likeness (QED) is 0.517. The first-order valence-electron chi connectivity index (χ1n) is 10.2. The number of rotatable bonds is 5. The van der Waals surface area contributed by atoms with Crippen LogP contribution in [0.15, 0.2) is 49.2 Å². The second-order valence-corrected chi connectivity index (χ2v) is 7.75. The molecule has 0 atom stereocenters. The van der Waals surface area contributed by atoms with Crippen LogP contribution in [0.4, 0.5) is 0 Å². The molecule has 152 valence electrons. The third-order valence-corrected chi connectivity index (χ3v) is 5.60. The highest BCUT2D eigenvalue weighted by Gasteiger charge is 2.18.